The fourth-order valence-corrected chi connectivity index (χ4v) is 3.68. The smallest absolute Gasteiger partial charge is 0.340 e. The number of hydrogen-bond donors (Lipinski definition) is 1. The number of thioether (sulfide) groups is 1. The van der Waals surface area contributed by atoms with Crippen LogP contribution in [-0.4, -0.2) is 39.5 Å². The predicted octanol–water partition coefficient (Wildman–Crippen LogP) is 2.66. The second kappa shape index (κ2) is 8.11. The Hall–Kier alpha value is -2.13. The summed E-state index contributed by atoms with van der Waals surface area (Å²) in [6.07, 6.45) is 1.75. The molecule has 0 unspecified atom stereocenters. The van der Waals surface area contributed by atoms with Gasteiger partial charge in [-0.25, -0.2) is 4.79 Å². The molecule has 2 rings (SSSR count). The molecule has 0 atom stereocenters. The van der Waals surface area contributed by atoms with E-state index in [0.717, 1.165) is 10.7 Å². The van der Waals surface area contributed by atoms with E-state index >= 15 is 0 Å². The molecule has 0 bridgehead atoms. The molecular formula is C15H18N4O3S2. The molecule has 2 aromatic rings. The van der Waals surface area contributed by atoms with E-state index in [0.29, 0.717) is 22.3 Å². The third-order valence-electron chi connectivity index (χ3n) is 3.06. The molecule has 0 aliphatic carbocycles. The number of rotatable bonds is 7. The topological polar surface area (TPSA) is 86.1 Å². The molecule has 0 spiro atoms. The maximum Gasteiger partial charge on any atom is 0.340 e. The highest BCUT2D eigenvalue weighted by Crippen LogP contribution is 2.28. The van der Waals surface area contributed by atoms with Gasteiger partial charge in [-0.15, -0.1) is 28.1 Å². The van der Waals surface area contributed by atoms with E-state index in [9.17, 15) is 9.59 Å². The Kier molecular flexibility index (Phi) is 6.16. The monoisotopic (exact) mass is 366 g/mol. The lowest BCUT2D eigenvalue weighted by atomic mass is 10.3. The molecule has 1 N–H and O–H groups in total. The number of methoxy groups -OCH3 is 1. The van der Waals surface area contributed by atoms with Crippen molar-refractivity contribution in [3.05, 3.63) is 35.0 Å². The lowest BCUT2D eigenvalue weighted by Crippen LogP contribution is -2.16. The molecule has 9 heteroatoms. The number of esters is 1. The van der Waals surface area contributed by atoms with E-state index in [-0.39, 0.29) is 11.7 Å². The Labute approximate surface area is 148 Å². The van der Waals surface area contributed by atoms with E-state index in [4.69, 9.17) is 4.74 Å². The van der Waals surface area contributed by atoms with Crippen molar-refractivity contribution in [1.82, 2.24) is 14.8 Å². The Morgan fingerprint density at radius 3 is 2.88 bits per heavy atom. The van der Waals surface area contributed by atoms with Crippen LogP contribution in [0.2, 0.25) is 0 Å². The number of amides is 1. The van der Waals surface area contributed by atoms with Crippen molar-refractivity contribution >= 4 is 40.0 Å². The number of carbonyl (C=O) groups excluding carboxylic acids is 2. The van der Waals surface area contributed by atoms with Gasteiger partial charge in [0.2, 0.25) is 5.91 Å². The van der Waals surface area contributed by atoms with Crippen LogP contribution in [0.15, 0.2) is 23.9 Å². The minimum absolute atomic E-state index is 0.160. The Bertz CT molecular complexity index is 767. The molecule has 0 saturated heterocycles. The summed E-state index contributed by atoms with van der Waals surface area (Å²) in [5.74, 6) is 0.230. The van der Waals surface area contributed by atoms with Gasteiger partial charge in [-0.3, -0.25) is 4.79 Å². The first kappa shape index (κ1) is 18.2. The zero-order valence-corrected chi connectivity index (χ0v) is 15.3. The summed E-state index contributed by atoms with van der Waals surface area (Å²) in [4.78, 5) is 24.8. The molecule has 7 nitrogen and oxygen atoms in total. The van der Waals surface area contributed by atoms with Gasteiger partial charge in [0, 0.05) is 11.4 Å². The summed E-state index contributed by atoms with van der Waals surface area (Å²) < 4.78 is 6.60. The zero-order chi connectivity index (χ0) is 17.7. The van der Waals surface area contributed by atoms with Gasteiger partial charge < -0.3 is 14.6 Å². The van der Waals surface area contributed by atoms with E-state index in [2.05, 4.69) is 22.1 Å². The quantitative estimate of drug-likeness (QED) is 0.461. The summed E-state index contributed by atoms with van der Waals surface area (Å²) in [7, 11) is 1.31. The van der Waals surface area contributed by atoms with Gasteiger partial charge in [-0.2, -0.15) is 0 Å². The van der Waals surface area contributed by atoms with Crippen molar-refractivity contribution < 1.29 is 14.3 Å². The average Bonchev–Trinajstić information content (AvgIpc) is 3.08. The number of anilines is 1. The highest BCUT2D eigenvalue weighted by atomic mass is 32.2. The third kappa shape index (κ3) is 4.24. The van der Waals surface area contributed by atoms with E-state index in [1.54, 1.807) is 12.1 Å². The Morgan fingerprint density at radius 1 is 1.46 bits per heavy atom. The number of hydrogen-bond acceptors (Lipinski definition) is 7. The molecular weight excluding hydrogens is 348 g/mol. The van der Waals surface area contributed by atoms with Gasteiger partial charge in [-0.05, 0) is 19.9 Å². The maximum atomic E-state index is 12.2. The molecule has 0 aliphatic rings. The molecule has 2 aromatic heterocycles. The molecule has 0 fully saturated rings. The summed E-state index contributed by atoms with van der Waals surface area (Å²) in [5, 5.41) is 12.0. The number of aryl methyl sites for hydroxylation is 2. The van der Waals surface area contributed by atoms with Crippen molar-refractivity contribution in [2.75, 3.05) is 18.2 Å². The fourth-order valence-electron chi connectivity index (χ4n) is 1.97. The largest absolute Gasteiger partial charge is 0.465 e. The summed E-state index contributed by atoms with van der Waals surface area (Å²) >= 11 is 2.61. The van der Waals surface area contributed by atoms with Crippen molar-refractivity contribution in [2.45, 2.75) is 25.5 Å². The predicted molar refractivity (Wildman–Crippen MR) is 94.7 cm³/mol. The van der Waals surface area contributed by atoms with Crippen molar-refractivity contribution in [2.24, 2.45) is 0 Å². The minimum atomic E-state index is -0.469. The number of aromatic nitrogens is 3. The normalized spacial score (nSPS) is 10.5. The molecule has 128 valence electrons. The van der Waals surface area contributed by atoms with Crippen LogP contribution in [0.3, 0.4) is 0 Å². The van der Waals surface area contributed by atoms with Gasteiger partial charge in [0.05, 0.1) is 18.4 Å². The summed E-state index contributed by atoms with van der Waals surface area (Å²) in [6.45, 7) is 7.99. The van der Waals surface area contributed by atoms with Crippen LogP contribution in [-0.2, 0) is 16.1 Å². The van der Waals surface area contributed by atoms with E-state index < -0.39 is 5.97 Å². The van der Waals surface area contributed by atoms with Crippen LogP contribution in [0.25, 0.3) is 0 Å². The van der Waals surface area contributed by atoms with Crippen LogP contribution in [0.4, 0.5) is 5.00 Å². The standard InChI is InChI=1S/C15H18N4O3S2/c1-5-6-19-10(3)17-18-15(19)23-8-12(20)16-13-11(14(21)22-4)7-9(2)24-13/h5,7H,1,6,8H2,2-4H3,(H,16,20). The SMILES string of the molecule is C=CCn1c(C)nnc1SCC(=O)Nc1sc(C)cc1C(=O)OC. The molecule has 2 heterocycles. The van der Waals surface area contributed by atoms with Gasteiger partial charge in [0.15, 0.2) is 5.16 Å². The van der Waals surface area contributed by atoms with Crippen molar-refractivity contribution in [3.63, 3.8) is 0 Å². The number of ether oxygens (including phenoxy) is 1. The van der Waals surface area contributed by atoms with Gasteiger partial charge in [0.25, 0.3) is 0 Å². The first-order valence-corrected chi connectivity index (χ1v) is 8.88. The van der Waals surface area contributed by atoms with Gasteiger partial charge >= 0.3 is 5.97 Å². The van der Waals surface area contributed by atoms with Crippen LogP contribution in [0.1, 0.15) is 21.1 Å². The second-order valence-corrected chi connectivity index (χ2v) is 7.06. The molecule has 0 aromatic carbocycles. The number of nitrogens with zero attached hydrogens (tertiary/aromatic N) is 3. The maximum absolute atomic E-state index is 12.2. The molecule has 1 amide bonds. The van der Waals surface area contributed by atoms with Crippen molar-refractivity contribution in [1.29, 1.82) is 0 Å². The highest BCUT2D eigenvalue weighted by Gasteiger charge is 2.18. The Morgan fingerprint density at radius 2 is 2.21 bits per heavy atom. The van der Waals surface area contributed by atoms with E-state index in [1.165, 1.54) is 30.2 Å². The van der Waals surface area contributed by atoms with Crippen LogP contribution >= 0.6 is 23.1 Å². The molecule has 0 radical (unpaired) electrons. The Balaban J connectivity index is 2.02. The number of carbonyl (C=O) groups is 2. The lowest BCUT2D eigenvalue weighted by molar-refractivity contribution is -0.113. The minimum Gasteiger partial charge on any atom is -0.465 e. The lowest BCUT2D eigenvalue weighted by Gasteiger charge is -2.06. The van der Waals surface area contributed by atoms with E-state index in [1.807, 2.05) is 18.4 Å². The highest BCUT2D eigenvalue weighted by molar-refractivity contribution is 7.99. The zero-order valence-electron chi connectivity index (χ0n) is 13.7. The van der Waals surface area contributed by atoms with Crippen LogP contribution in [0, 0.1) is 13.8 Å². The van der Waals surface area contributed by atoms with Crippen molar-refractivity contribution in [3.8, 4) is 0 Å². The number of allylic oxidation sites excluding steroid dienone is 1. The first-order chi connectivity index (χ1) is 11.5. The average molecular weight is 366 g/mol. The van der Waals surface area contributed by atoms with Crippen LogP contribution in [0.5, 0.6) is 0 Å². The number of nitrogens with one attached hydrogen (secondary N) is 1. The third-order valence-corrected chi connectivity index (χ3v) is 4.99. The summed E-state index contributed by atoms with van der Waals surface area (Å²) in [5.41, 5.74) is 0.365. The first-order valence-electron chi connectivity index (χ1n) is 7.08. The molecule has 0 aliphatic heterocycles. The van der Waals surface area contributed by atoms with Gasteiger partial charge in [0.1, 0.15) is 10.8 Å². The van der Waals surface area contributed by atoms with Gasteiger partial charge in [-0.1, -0.05) is 17.8 Å². The molecule has 0 saturated carbocycles. The summed E-state index contributed by atoms with van der Waals surface area (Å²) in [6, 6.07) is 1.70. The molecule has 24 heavy (non-hydrogen) atoms. The van der Waals surface area contributed by atoms with Crippen LogP contribution < -0.4 is 5.32 Å². The number of thiophene rings is 1. The second-order valence-electron chi connectivity index (χ2n) is 4.86. The fraction of sp³-hybridized carbons (Fsp3) is 0.333.